The third-order valence-electron chi connectivity index (χ3n) is 4.43. The molecule has 0 saturated heterocycles. The van der Waals surface area contributed by atoms with Gasteiger partial charge in [0.1, 0.15) is 0 Å². The van der Waals surface area contributed by atoms with E-state index in [0.29, 0.717) is 0 Å². The fourth-order valence-corrected chi connectivity index (χ4v) is 3.56. The van der Waals surface area contributed by atoms with E-state index in [0.717, 1.165) is 29.4 Å². The molecule has 0 unspecified atom stereocenters. The summed E-state index contributed by atoms with van der Waals surface area (Å²) in [7, 11) is 0. The van der Waals surface area contributed by atoms with Crippen LogP contribution in [0.4, 0.5) is 0 Å². The standard InChI is InChI=1S/C17H23ClN2/c18-16-13-20(17-9-5-4-8-15(16)17)11-10-19-12-14-6-2-1-3-7-14/h4-5,8-9,13-14,19H,1-3,6-7,10-12H2. The minimum absolute atomic E-state index is 0.855. The second-order valence-corrected chi connectivity index (χ2v) is 6.30. The molecule has 3 heteroatoms. The van der Waals surface area contributed by atoms with Gasteiger partial charge in [-0.05, 0) is 31.4 Å². The van der Waals surface area contributed by atoms with Crippen molar-refractivity contribution in [3.8, 4) is 0 Å². The molecular formula is C17H23ClN2. The van der Waals surface area contributed by atoms with Crippen LogP contribution in [-0.2, 0) is 6.54 Å². The molecule has 1 aromatic carbocycles. The van der Waals surface area contributed by atoms with Crippen molar-refractivity contribution in [2.45, 2.75) is 38.6 Å². The first-order valence-electron chi connectivity index (χ1n) is 7.78. The van der Waals surface area contributed by atoms with E-state index in [1.165, 1.54) is 44.2 Å². The highest BCUT2D eigenvalue weighted by Gasteiger charge is 2.12. The lowest BCUT2D eigenvalue weighted by Gasteiger charge is -2.21. The summed E-state index contributed by atoms with van der Waals surface area (Å²) >= 11 is 6.27. The van der Waals surface area contributed by atoms with Gasteiger partial charge in [-0.25, -0.2) is 0 Å². The van der Waals surface area contributed by atoms with Crippen molar-refractivity contribution in [1.82, 2.24) is 9.88 Å². The number of nitrogens with one attached hydrogen (secondary N) is 1. The molecule has 1 aliphatic carbocycles. The van der Waals surface area contributed by atoms with E-state index in [9.17, 15) is 0 Å². The van der Waals surface area contributed by atoms with E-state index < -0.39 is 0 Å². The number of para-hydroxylation sites is 1. The Morgan fingerprint density at radius 1 is 1.15 bits per heavy atom. The molecule has 1 aromatic heterocycles. The second kappa shape index (κ2) is 6.64. The number of aromatic nitrogens is 1. The number of rotatable bonds is 5. The van der Waals surface area contributed by atoms with Crippen LogP contribution in [0, 0.1) is 5.92 Å². The summed E-state index contributed by atoms with van der Waals surface area (Å²) in [5.74, 6) is 0.897. The lowest BCUT2D eigenvalue weighted by molar-refractivity contribution is 0.341. The van der Waals surface area contributed by atoms with Gasteiger partial charge in [0.25, 0.3) is 0 Å². The van der Waals surface area contributed by atoms with E-state index in [4.69, 9.17) is 11.6 Å². The Bertz CT molecular complexity index is 555. The topological polar surface area (TPSA) is 17.0 Å². The summed E-state index contributed by atoms with van der Waals surface area (Å²) in [6, 6.07) is 8.34. The van der Waals surface area contributed by atoms with E-state index in [1.807, 2.05) is 6.07 Å². The molecule has 0 spiro atoms. The SMILES string of the molecule is Clc1cn(CCNCC2CCCCC2)c2ccccc12. The van der Waals surface area contributed by atoms with Gasteiger partial charge < -0.3 is 9.88 Å². The number of nitrogens with zero attached hydrogens (tertiary/aromatic N) is 1. The van der Waals surface area contributed by atoms with Gasteiger partial charge in [0.15, 0.2) is 0 Å². The van der Waals surface area contributed by atoms with Crippen LogP contribution >= 0.6 is 11.6 Å². The molecular weight excluding hydrogens is 268 g/mol. The first-order valence-corrected chi connectivity index (χ1v) is 8.16. The van der Waals surface area contributed by atoms with Gasteiger partial charge in [-0.15, -0.1) is 0 Å². The lowest BCUT2D eigenvalue weighted by Crippen LogP contribution is -2.27. The van der Waals surface area contributed by atoms with Gasteiger partial charge in [-0.1, -0.05) is 49.1 Å². The van der Waals surface area contributed by atoms with E-state index in [2.05, 4.69) is 34.3 Å². The molecule has 0 atom stereocenters. The Labute approximate surface area is 126 Å². The lowest BCUT2D eigenvalue weighted by atomic mass is 9.89. The molecule has 2 nitrogen and oxygen atoms in total. The maximum absolute atomic E-state index is 6.27. The van der Waals surface area contributed by atoms with Crippen LogP contribution in [0.2, 0.25) is 5.02 Å². The third kappa shape index (κ3) is 3.18. The van der Waals surface area contributed by atoms with Gasteiger partial charge in [0, 0.05) is 30.2 Å². The highest BCUT2D eigenvalue weighted by atomic mass is 35.5. The van der Waals surface area contributed by atoms with Crippen molar-refractivity contribution in [2.75, 3.05) is 13.1 Å². The highest BCUT2D eigenvalue weighted by molar-refractivity contribution is 6.35. The number of hydrogen-bond acceptors (Lipinski definition) is 1. The maximum atomic E-state index is 6.27. The number of hydrogen-bond donors (Lipinski definition) is 1. The summed E-state index contributed by atoms with van der Waals surface area (Å²) in [6.07, 6.45) is 9.14. The molecule has 1 saturated carbocycles. The Hall–Kier alpha value is -0.990. The molecule has 1 aliphatic rings. The molecule has 1 heterocycles. The molecule has 0 bridgehead atoms. The number of halogens is 1. The van der Waals surface area contributed by atoms with Crippen LogP contribution in [0.3, 0.4) is 0 Å². The fraction of sp³-hybridized carbons (Fsp3) is 0.529. The van der Waals surface area contributed by atoms with Crippen LogP contribution < -0.4 is 5.32 Å². The van der Waals surface area contributed by atoms with Gasteiger partial charge in [-0.3, -0.25) is 0 Å². The Balaban J connectivity index is 1.52. The second-order valence-electron chi connectivity index (χ2n) is 5.90. The van der Waals surface area contributed by atoms with Crippen molar-refractivity contribution in [3.63, 3.8) is 0 Å². The normalized spacial score (nSPS) is 16.9. The Kier molecular flexibility index (Phi) is 4.64. The fourth-order valence-electron chi connectivity index (χ4n) is 3.28. The van der Waals surface area contributed by atoms with Gasteiger partial charge in [0.05, 0.1) is 5.02 Å². The number of fused-ring (bicyclic) bond motifs is 1. The van der Waals surface area contributed by atoms with E-state index in [-0.39, 0.29) is 0 Å². The van der Waals surface area contributed by atoms with Crippen LogP contribution in [0.25, 0.3) is 10.9 Å². The van der Waals surface area contributed by atoms with Crippen LogP contribution in [0.1, 0.15) is 32.1 Å². The van der Waals surface area contributed by atoms with Gasteiger partial charge in [-0.2, -0.15) is 0 Å². The predicted molar refractivity (Wildman–Crippen MR) is 86.4 cm³/mol. The quantitative estimate of drug-likeness (QED) is 0.804. The highest BCUT2D eigenvalue weighted by Crippen LogP contribution is 2.25. The van der Waals surface area contributed by atoms with E-state index >= 15 is 0 Å². The summed E-state index contributed by atoms with van der Waals surface area (Å²) in [5.41, 5.74) is 1.23. The van der Waals surface area contributed by atoms with Crippen molar-refractivity contribution < 1.29 is 0 Å². The average molecular weight is 291 g/mol. The van der Waals surface area contributed by atoms with Crippen molar-refractivity contribution in [1.29, 1.82) is 0 Å². The Morgan fingerprint density at radius 2 is 1.95 bits per heavy atom. The van der Waals surface area contributed by atoms with Crippen LogP contribution in [0.5, 0.6) is 0 Å². The molecule has 0 amide bonds. The molecule has 0 radical (unpaired) electrons. The monoisotopic (exact) mass is 290 g/mol. The zero-order valence-electron chi connectivity index (χ0n) is 11.9. The van der Waals surface area contributed by atoms with Crippen molar-refractivity contribution in [3.05, 3.63) is 35.5 Å². The van der Waals surface area contributed by atoms with E-state index in [1.54, 1.807) is 0 Å². The summed E-state index contributed by atoms with van der Waals surface area (Å²) in [4.78, 5) is 0. The molecule has 0 aliphatic heterocycles. The minimum atomic E-state index is 0.855. The van der Waals surface area contributed by atoms with Crippen LogP contribution in [-0.4, -0.2) is 17.7 Å². The van der Waals surface area contributed by atoms with Gasteiger partial charge >= 0.3 is 0 Å². The molecule has 1 N–H and O–H groups in total. The average Bonchev–Trinajstić information content (AvgIpc) is 2.82. The zero-order chi connectivity index (χ0) is 13.8. The first kappa shape index (κ1) is 14.0. The minimum Gasteiger partial charge on any atom is -0.345 e. The maximum Gasteiger partial charge on any atom is 0.0661 e. The zero-order valence-corrected chi connectivity index (χ0v) is 12.7. The smallest absolute Gasteiger partial charge is 0.0661 e. The third-order valence-corrected chi connectivity index (χ3v) is 4.73. The first-order chi connectivity index (χ1) is 9.84. The van der Waals surface area contributed by atoms with Crippen LogP contribution in [0.15, 0.2) is 30.5 Å². The summed E-state index contributed by atoms with van der Waals surface area (Å²) in [6.45, 7) is 3.18. The molecule has 108 valence electrons. The molecule has 2 aromatic rings. The summed E-state index contributed by atoms with van der Waals surface area (Å²) in [5, 5.41) is 5.62. The number of benzene rings is 1. The largest absolute Gasteiger partial charge is 0.345 e. The molecule has 3 rings (SSSR count). The molecule has 20 heavy (non-hydrogen) atoms. The Morgan fingerprint density at radius 3 is 2.80 bits per heavy atom. The summed E-state index contributed by atoms with van der Waals surface area (Å²) < 4.78 is 2.26. The predicted octanol–water partition coefficient (Wildman–Crippen LogP) is 4.46. The van der Waals surface area contributed by atoms with Crippen molar-refractivity contribution in [2.24, 2.45) is 5.92 Å². The van der Waals surface area contributed by atoms with Gasteiger partial charge in [0.2, 0.25) is 0 Å². The van der Waals surface area contributed by atoms with Crippen molar-refractivity contribution >= 4 is 22.5 Å². The molecule has 1 fully saturated rings.